The molecule has 0 aliphatic rings. The Hall–Kier alpha value is -2.11. The van der Waals surface area contributed by atoms with Gasteiger partial charge in [-0.2, -0.15) is 4.98 Å². The summed E-state index contributed by atoms with van der Waals surface area (Å²) >= 11 is 0. The van der Waals surface area contributed by atoms with Gasteiger partial charge in [0.2, 0.25) is 17.6 Å². The van der Waals surface area contributed by atoms with Crippen molar-refractivity contribution in [3.8, 4) is 11.6 Å². The van der Waals surface area contributed by atoms with Crippen LogP contribution in [0.25, 0.3) is 11.6 Å². The molecule has 0 unspecified atom stereocenters. The molecule has 0 saturated heterocycles. The van der Waals surface area contributed by atoms with Crippen LogP contribution in [0.4, 0.5) is 0 Å². The van der Waals surface area contributed by atoms with Crippen LogP contribution in [0, 0.1) is 5.41 Å². The second-order valence-electron chi connectivity index (χ2n) is 5.50. The lowest BCUT2D eigenvalue weighted by atomic mass is 9.92. The lowest BCUT2D eigenvalue weighted by molar-refractivity contribution is -0.123. The zero-order valence-corrected chi connectivity index (χ0v) is 11.3. The van der Waals surface area contributed by atoms with Gasteiger partial charge in [0.1, 0.15) is 0 Å². The second-order valence-corrected chi connectivity index (χ2v) is 5.50. The van der Waals surface area contributed by atoms with Gasteiger partial charge >= 0.3 is 0 Å². The number of nitrogens with zero attached hydrogens (tertiary/aromatic N) is 2. The van der Waals surface area contributed by atoms with Gasteiger partial charge in [0.25, 0.3) is 0 Å². The van der Waals surface area contributed by atoms with E-state index in [-0.39, 0.29) is 17.9 Å². The zero-order valence-electron chi connectivity index (χ0n) is 11.3. The maximum absolute atomic E-state index is 11.6. The summed E-state index contributed by atoms with van der Waals surface area (Å²) in [7, 11) is 0. The molecule has 0 saturated carbocycles. The van der Waals surface area contributed by atoms with Gasteiger partial charge in [-0.25, -0.2) is 0 Å². The summed E-state index contributed by atoms with van der Waals surface area (Å²) in [4.78, 5) is 15.8. The predicted octanol–water partition coefficient (Wildman–Crippen LogP) is 2.38. The number of hydrogen-bond acceptors (Lipinski definition) is 5. The lowest BCUT2D eigenvalue weighted by Crippen LogP contribution is -2.27. The molecule has 102 valence electrons. The first-order valence-electron chi connectivity index (χ1n) is 6.07. The van der Waals surface area contributed by atoms with E-state index < -0.39 is 0 Å². The first-order valence-corrected chi connectivity index (χ1v) is 6.07. The number of carbonyl (C=O) groups is 1. The van der Waals surface area contributed by atoms with Crippen LogP contribution in [-0.2, 0) is 11.3 Å². The highest BCUT2D eigenvalue weighted by Crippen LogP contribution is 2.18. The van der Waals surface area contributed by atoms with Crippen LogP contribution in [0.2, 0.25) is 0 Å². The van der Waals surface area contributed by atoms with Crippen molar-refractivity contribution in [2.24, 2.45) is 5.41 Å². The van der Waals surface area contributed by atoms with Crippen molar-refractivity contribution in [1.29, 1.82) is 0 Å². The monoisotopic (exact) mass is 263 g/mol. The fraction of sp³-hybridized carbons (Fsp3) is 0.462. The minimum absolute atomic E-state index is 0.0368. The van der Waals surface area contributed by atoms with Crippen LogP contribution in [0.15, 0.2) is 27.3 Å². The van der Waals surface area contributed by atoms with Crippen molar-refractivity contribution in [1.82, 2.24) is 15.5 Å². The average Bonchev–Trinajstić information content (AvgIpc) is 2.95. The third-order valence-corrected chi connectivity index (χ3v) is 2.34. The number of aromatic nitrogens is 2. The quantitative estimate of drug-likeness (QED) is 0.915. The van der Waals surface area contributed by atoms with Crippen molar-refractivity contribution in [2.45, 2.75) is 33.7 Å². The van der Waals surface area contributed by atoms with Gasteiger partial charge in [-0.1, -0.05) is 25.9 Å². The Balaban J connectivity index is 1.89. The Morgan fingerprint density at radius 2 is 2.21 bits per heavy atom. The Morgan fingerprint density at radius 1 is 1.42 bits per heavy atom. The van der Waals surface area contributed by atoms with Crippen LogP contribution < -0.4 is 5.32 Å². The Bertz CT molecular complexity index is 538. The van der Waals surface area contributed by atoms with Crippen LogP contribution >= 0.6 is 0 Å². The van der Waals surface area contributed by atoms with Crippen LogP contribution in [0.3, 0.4) is 0 Å². The zero-order chi connectivity index (χ0) is 13.9. The average molecular weight is 263 g/mol. The summed E-state index contributed by atoms with van der Waals surface area (Å²) in [6.45, 7) is 6.25. The Kier molecular flexibility index (Phi) is 3.69. The summed E-state index contributed by atoms with van der Waals surface area (Å²) in [5.74, 6) is 1.24. The standard InChI is InChI=1S/C13H17N3O3/c1-13(2,3)7-10(17)14-8-11-15-12(16-19-11)9-5-4-6-18-9/h4-6H,7-8H2,1-3H3,(H,14,17). The van der Waals surface area contributed by atoms with Crippen molar-refractivity contribution in [3.05, 3.63) is 24.3 Å². The topological polar surface area (TPSA) is 81.2 Å². The maximum atomic E-state index is 11.6. The number of nitrogens with one attached hydrogen (secondary N) is 1. The van der Waals surface area contributed by atoms with Gasteiger partial charge < -0.3 is 14.3 Å². The van der Waals surface area contributed by atoms with Crippen molar-refractivity contribution in [3.63, 3.8) is 0 Å². The molecule has 2 aromatic heterocycles. The molecule has 6 heteroatoms. The fourth-order valence-electron chi connectivity index (χ4n) is 1.55. The third kappa shape index (κ3) is 3.94. The molecule has 0 aliphatic heterocycles. The summed E-state index contributed by atoms with van der Waals surface area (Å²) in [5.41, 5.74) is -0.0434. The van der Waals surface area contributed by atoms with E-state index in [1.165, 1.54) is 6.26 Å². The molecule has 2 heterocycles. The van der Waals surface area contributed by atoms with Crippen molar-refractivity contribution < 1.29 is 13.7 Å². The predicted molar refractivity (Wildman–Crippen MR) is 67.9 cm³/mol. The summed E-state index contributed by atoms with van der Waals surface area (Å²) in [5, 5.41) is 6.53. The molecule has 0 atom stereocenters. The van der Waals surface area contributed by atoms with E-state index in [1.54, 1.807) is 12.1 Å². The highest BCUT2D eigenvalue weighted by Gasteiger charge is 2.17. The number of carbonyl (C=O) groups excluding carboxylic acids is 1. The summed E-state index contributed by atoms with van der Waals surface area (Å²) in [6.07, 6.45) is 1.99. The van der Waals surface area contributed by atoms with Gasteiger partial charge in [-0.3, -0.25) is 4.79 Å². The normalized spacial score (nSPS) is 11.5. The molecule has 6 nitrogen and oxygen atoms in total. The third-order valence-electron chi connectivity index (χ3n) is 2.34. The summed E-state index contributed by atoms with van der Waals surface area (Å²) < 4.78 is 10.2. The Morgan fingerprint density at radius 3 is 2.84 bits per heavy atom. The highest BCUT2D eigenvalue weighted by molar-refractivity contribution is 5.76. The van der Waals surface area contributed by atoms with E-state index in [0.29, 0.717) is 23.9 Å². The highest BCUT2D eigenvalue weighted by atomic mass is 16.5. The fourth-order valence-corrected chi connectivity index (χ4v) is 1.55. The lowest BCUT2D eigenvalue weighted by Gasteiger charge is -2.16. The SMILES string of the molecule is CC(C)(C)CC(=O)NCc1nc(-c2ccco2)no1. The van der Waals surface area contributed by atoms with E-state index in [9.17, 15) is 4.79 Å². The van der Waals surface area contributed by atoms with Crippen LogP contribution in [0.5, 0.6) is 0 Å². The molecule has 2 aromatic rings. The molecule has 0 spiro atoms. The molecule has 1 N–H and O–H groups in total. The van der Waals surface area contributed by atoms with Gasteiger partial charge in [0.05, 0.1) is 12.8 Å². The first-order chi connectivity index (χ1) is 8.94. The molecule has 2 rings (SSSR count). The maximum Gasteiger partial charge on any atom is 0.246 e. The molecular weight excluding hydrogens is 246 g/mol. The first kappa shape index (κ1) is 13.3. The molecule has 0 radical (unpaired) electrons. The second kappa shape index (κ2) is 5.26. The van der Waals surface area contributed by atoms with E-state index in [2.05, 4.69) is 15.5 Å². The van der Waals surface area contributed by atoms with Crippen molar-refractivity contribution >= 4 is 5.91 Å². The van der Waals surface area contributed by atoms with E-state index in [1.807, 2.05) is 20.8 Å². The number of rotatable bonds is 4. The molecule has 1 amide bonds. The minimum Gasteiger partial charge on any atom is -0.461 e. The molecular formula is C13H17N3O3. The number of hydrogen-bond donors (Lipinski definition) is 1. The van der Waals surface area contributed by atoms with Gasteiger partial charge in [-0.15, -0.1) is 0 Å². The van der Waals surface area contributed by atoms with Gasteiger partial charge in [0, 0.05) is 6.42 Å². The minimum atomic E-state index is -0.0434. The molecule has 0 aliphatic carbocycles. The largest absolute Gasteiger partial charge is 0.461 e. The molecule has 0 fully saturated rings. The van der Waals surface area contributed by atoms with Crippen LogP contribution in [0.1, 0.15) is 33.1 Å². The number of amides is 1. The Labute approximate surface area is 111 Å². The molecule has 19 heavy (non-hydrogen) atoms. The van der Waals surface area contributed by atoms with Gasteiger partial charge in [0.15, 0.2) is 5.76 Å². The molecule has 0 aromatic carbocycles. The van der Waals surface area contributed by atoms with E-state index >= 15 is 0 Å². The van der Waals surface area contributed by atoms with Crippen LogP contribution in [-0.4, -0.2) is 16.0 Å². The van der Waals surface area contributed by atoms with Gasteiger partial charge in [-0.05, 0) is 17.5 Å². The van der Waals surface area contributed by atoms with E-state index in [4.69, 9.17) is 8.94 Å². The summed E-state index contributed by atoms with van der Waals surface area (Å²) in [6, 6.07) is 3.49. The van der Waals surface area contributed by atoms with Crippen molar-refractivity contribution in [2.75, 3.05) is 0 Å². The number of furan rings is 1. The molecule has 0 bridgehead atoms. The smallest absolute Gasteiger partial charge is 0.246 e. The van der Waals surface area contributed by atoms with E-state index in [0.717, 1.165) is 0 Å².